The van der Waals surface area contributed by atoms with Crippen molar-refractivity contribution in [2.45, 2.75) is 9.79 Å². The van der Waals surface area contributed by atoms with Crippen molar-refractivity contribution in [2.24, 2.45) is 0 Å². The van der Waals surface area contributed by atoms with Gasteiger partial charge >= 0.3 is 0 Å². The molecule has 0 amide bonds. The molecule has 0 bridgehead atoms. The van der Waals surface area contributed by atoms with E-state index in [1.54, 1.807) is 0 Å². The second kappa shape index (κ2) is 12.0. The van der Waals surface area contributed by atoms with Crippen LogP contribution < -0.4 is 25.6 Å². The molecule has 248 valence electrons. The zero-order valence-corrected chi connectivity index (χ0v) is 30.7. The number of rotatable bonds is 4. The second-order valence-electron chi connectivity index (χ2n) is 14.1. The van der Waals surface area contributed by atoms with E-state index in [2.05, 4.69) is 205 Å². The van der Waals surface area contributed by atoms with Gasteiger partial charge < -0.3 is 4.90 Å². The zero-order chi connectivity index (χ0) is 34.9. The van der Waals surface area contributed by atoms with E-state index in [0.717, 1.165) is 11.4 Å². The fourth-order valence-corrected chi connectivity index (χ4v) is 16.4. The zero-order valence-electron chi connectivity index (χ0n) is 28.9. The molecule has 0 saturated carbocycles. The number of fused-ring (bicyclic) bond motifs is 12. The van der Waals surface area contributed by atoms with Gasteiger partial charge in [0.15, 0.2) is 8.07 Å². The summed E-state index contributed by atoms with van der Waals surface area (Å²) in [7, 11) is -2.66. The molecule has 1 nitrogen and oxygen atoms in total. The highest BCUT2D eigenvalue weighted by Crippen LogP contribution is 2.42. The lowest BCUT2D eigenvalue weighted by Gasteiger charge is -2.38. The van der Waals surface area contributed by atoms with Crippen LogP contribution in [0.4, 0.5) is 17.1 Å². The van der Waals surface area contributed by atoms with E-state index in [1.165, 1.54) is 80.0 Å². The Hall–Kier alpha value is -6.13. The van der Waals surface area contributed by atoms with Crippen LogP contribution in [-0.4, -0.2) is 8.07 Å². The topological polar surface area (TPSA) is 3.24 Å². The molecule has 2 aliphatic heterocycles. The first-order valence-electron chi connectivity index (χ1n) is 18.3. The summed E-state index contributed by atoms with van der Waals surface area (Å²) in [5, 5.41) is 11.0. The Balaban J connectivity index is 1.16. The molecule has 11 rings (SSSR count). The van der Waals surface area contributed by atoms with Gasteiger partial charge in [0.25, 0.3) is 0 Å². The van der Waals surface area contributed by atoms with Crippen LogP contribution in [0.2, 0.25) is 0 Å². The summed E-state index contributed by atoms with van der Waals surface area (Å²) < 4.78 is 0. The molecule has 2 aliphatic rings. The van der Waals surface area contributed by atoms with Crippen molar-refractivity contribution in [3.63, 3.8) is 0 Å². The maximum absolute atomic E-state index is 2.66. The van der Waals surface area contributed by atoms with E-state index in [1.807, 2.05) is 11.8 Å². The lowest BCUT2D eigenvalue weighted by Crippen LogP contribution is -2.74. The van der Waals surface area contributed by atoms with Crippen LogP contribution in [0.25, 0.3) is 43.8 Å². The molecule has 53 heavy (non-hydrogen) atoms. The molecular formula is C50H33NSSi. The van der Waals surface area contributed by atoms with Crippen LogP contribution in [0, 0.1) is 0 Å². The Bertz CT molecular complexity index is 2830. The summed E-state index contributed by atoms with van der Waals surface area (Å²) in [4.78, 5) is 5.21. The van der Waals surface area contributed by atoms with E-state index < -0.39 is 8.07 Å². The molecule has 0 fully saturated rings. The Kier molecular flexibility index (Phi) is 6.88. The minimum Gasteiger partial charge on any atom is -0.310 e. The summed E-state index contributed by atoms with van der Waals surface area (Å²) in [5.41, 5.74) is 8.61. The molecule has 9 aromatic carbocycles. The highest BCUT2D eigenvalue weighted by atomic mass is 32.2. The normalized spacial score (nSPS) is 13.4. The monoisotopic (exact) mass is 707 g/mol. The molecule has 0 N–H and O–H groups in total. The molecule has 2 heterocycles. The largest absolute Gasteiger partial charge is 0.310 e. The molecule has 1 spiro atoms. The SMILES string of the molecule is c1ccc(-c2ccc(N(c3ccc4c(c3)[Si]3(c5ccccc5Sc5ccccc53)c3ccccc3-4)c3ccc4c(ccc5ccccc54)c3)cc2)cc1. The molecule has 0 saturated heterocycles. The maximum Gasteiger partial charge on any atom is 0.183 e. The van der Waals surface area contributed by atoms with Gasteiger partial charge in [0.2, 0.25) is 0 Å². The molecular weight excluding hydrogens is 675 g/mol. The Morgan fingerprint density at radius 2 is 0.887 bits per heavy atom. The van der Waals surface area contributed by atoms with E-state index in [-0.39, 0.29) is 0 Å². The van der Waals surface area contributed by atoms with Crippen molar-refractivity contribution in [3.8, 4) is 22.3 Å². The molecule has 9 aromatic rings. The third-order valence-electron chi connectivity index (χ3n) is 11.3. The van der Waals surface area contributed by atoms with Crippen molar-refractivity contribution >= 4 is 79.2 Å². The molecule has 0 atom stereocenters. The van der Waals surface area contributed by atoms with Gasteiger partial charge in [0.1, 0.15) is 0 Å². The minimum absolute atomic E-state index is 1.14. The van der Waals surface area contributed by atoms with Crippen LogP contribution in [0.3, 0.4) is 0 Å². The smallest absolute Gasteiger partial charge is 0.183 e. The van der Waals surface area contributed by atoms with Crippen molar-refractivity contribution in [2.75, 3.05) is 4.90 Å². The molecule has 0 aliphatic carbocycles. The highest BCUT2D eigenvalue weighted by Gasteiger charge is 2.52. The maximum atomic E-state index is 2.54. The molecule has 0 radical (unpaired) electrons. The number of nitrogens with zero attached hydrogens (tertiary/aromatic N) is 1. The van der Waals surface area contributed by atoms with Gasteiger partial charge in [0.05, 0.1) is 0 Å². The highest BCUT2D eigenvalue weighted by molar-refractivity contribution is 8.00. The number of hydrogen-bond acceptors (Lipinski definition) is 2. The summed E-state index contributed by atoms with van der Waals surface area (Å²) in [6.45, 7) is 0. The third kappa shape index (κ3) is 4.58. The van der Waals surface area contributed by atoms with E-state index in [0.29, 0.717) is 0 Å². The van der Waals surface area contributed by atoms with Crippen LogP contribution >= 0.6 is 11.8 Å². The second-order valence-corrected chi connectivity index (χ2v) is 18.8. The minimum atomic E-state index is -2.66. The van der Waals surface area contributed by atoms with E-state index in [4.69, 9.17) is 0 Å². The standard InChI is InChI=1S/C50H33NSSi/c1-2-12-34(13-3-1)35-24-26-38(27-25-35)51(39-28-30-42-37(32-39)23-22-36-14-4-5-15-41(36)42)40-29-31-44-43-16-6-9-19-47(43)53(50(44)33-40)48-20-10-7-17-45(48)52-46-18-8-11-21-49(46)53/h1-33H. The number of anilines is 3. The van der Waals surface area contributed by atoms with Crippen LogP contribution in [-0.2, 0) is 0 Å². The Morgan fingerprint density at radius 3 is 1.68 bits per heavy atom. The summed E-state index contributed by atoms with van der Waals surface area (Å²) in [6, 6.07) is 74.8. The first kappa shape index (κ1) is 30.5. The predicted octanol–water partition coefficient (Wildman–Crippen LogP) is 11.0. The Labute approximate surface area is 314 Å². The number of hydrogen-bond donors (Lipinski definition) is 0. The van der Waals surface area contributed by atoms with Gasteiger partial charge in [-0.15, -0.1) is 0 Å². The first-order valence-corrected chi connectivity index (χ1v) is 21.1. The average Bonchev–Trinajstić information content (AvgIpc) is 3.51. The van der Waals surface area contributed by atoms with Crippen molar-refractivity contribution in [1.82, 2.24) is 0 Å². The first-order chi connectivity index (χ1) is 26.3. The lowest BCUT2D eigenvalue weighted by molar-refractivity contribution is 1.29. The van der Waals surface area contributed by atoms with Gasteiger partial charge in [-0.25, -0.2) is 0 Å². The van der Waals surface area contributed by atoms with Crippen molar-refractivity contribution in [3.05, 3.63) is 200 Å². The molecule has 0 aromatic heterocycles. The fourth-order valence-electron chi connectivity index (χ4n) is 9.00. The average molecular weight is 708 g/mol. The van der Waals surface area contributed by atoms with Crippen LogP contribution in [0.1, 0.15) is 0 Å². The van der Waals surface area contributed by atoms with Gasteiger partial charge in [-0.3, -0.25) is 0 Å². The van der Waals surface area contributed by atoms with Gasteiger partial charge in [-0.05, 0) is 113 Å². The summed E-state index contributed by atoms with van der Waals surface area (Å²) >= 11 is 1.92. The van der Waals surface area contributed by atoms with Gasteiger partial charge in [0, 0.05) is 26.9 Å². The summed E-state index contributed by atoms with van der Waals surface area (Å²) in [5.74, 6) is 0. The van der Waals surface area contributed by atoms with E-state index in [9.17, 15) is 0 Å². The molecule has 0 unspecified atom stereocenters. The lowest BCUT2D eigenvalue weighted by atomic mass is 10.0. The predicted molar refractivity (Wildman–Crippen MR) is 228 cm³/mol. The number of benzene rings is 9. The van der Waals surface area contributed by atoms with Crippen LogP contribution in [0.5, 0.6) is 0 Å². The van der Waals surface area contributed by atoms with Gasteiger partial charge in [-0.1, -0.05) is 163 Å². The summed E-state index contributed by atoms with van der Waals surface area (Å²) in [6.07, 6.45) is 0. The van der Waals surface area contributed by atoms with Crippen molar-refractivity contribution < 1.29 is 0 Å². The quantitative estimate of drug-likeness (QED) is 0.132. The van der Waals surface area contributed by atoms with E-state index >= 15 is 0 Å². The van der Waals surface area contributed by atoms with Crippen molar-refractivity contribution in [1.29, 1.82) is 0 Å². The van der Waals surface area contributed by atoms with Crippen LogP contribution in [0.15, 0.2) is 210 Å². The van der Waals surface area contributed by atoms with Gasteiger partial charge in [-0.2, -0.15) is 0 Å². The fraction of sp³-hybridized carbons (Fsp3) is 0. The Morgan fingerprint density at radius 1 is 0.340 bits per heavy atom. The molecule has 3 heteroatoms. The third-order valence-corrected chi connectivity index (χ3v) is 17.8.